The first-order valence-corrected chi connectivity index (χ1v) is 8.70. The van der Waals surface area contributed by atoms with Crippen molar-refractivity contribution in [3.8, 4) is 5.75 Å². The molecule has 2 atom stereocenters. The number of nitrogens with two attached hydrogens (primary N) is 1. The molecule has 1 heterocycles. The largest absolute Gasteiger partial charge is 0.485 e. The van der Waals surface area contributed by atoms with Crippen molar-refractivity contribution < 1.29 is 49.0 Å². The minimum atomic E-state index is -6.84. The number of aliphatic hydroxyl groups excluding tert-OH is 1. The zero-order valence-corrected chi connectivity index (χ0v) is 14.5. The number of alkyl halides is 7. The number of fused-ring (bicyclic) bond motifs is 1. The van der Waals surface area contributed by atoms with Gasteiger partial charge < -0.3 is 15.6 Å². The van der Waals surface area contributed by atoms with E-state index < -0.39 is 49.8 Å². The molecule has 27 heavy (non-hydrogen) atoms. The molecule has 1 aliphatic rings. The van der Waals surface area contributed by atoms with Gasteiger partial charge in [-0.2, -0.15) is 30.7 Å². The van der Waals surface area contributed by atoms with Crippen LogP contribution in [0.2, 0.25) is 0 Å². The first-order valence-electron chi connectivity index (χ1n) is 7.21. The molecular formula is C14H14F7NO4S. The Hall–Kier alpha value is -1.60. The summed E-state index contributed by atoms with van der Waals surface area (Å²) >= 11 is 0. The van der Waals surface area contributed by atoms with Gasteiger partial charge in [-0.3, -0.25) is 0 Å². The van der Waals surface area contributed by atoms with Gasteiger partial charge in [-0.05, 0) is 32.0 Å². The molecular weight excluding hydrogens is 411 g/mol. The van der Waals surface area contributed by atoms with Gasteiger partial charge in [0, 0.05) is 5.56 Å². The molecule has 2 rings (SSSR count). The molecule has 0 saturated heterocycles. The zero-order chi connectivity index (χ0) is 21.2. The molecule has 5 nitrogen and oxygen atoms in total. The van der Waals surface area contributed by atoms with E-state index in [1.807, 2.05) is 0 Å². The van der Waals surface area contributed by atoms with Crippen molar-refractivity contribution >= 4 is 9.84 Å². The van der Waals surface area contributed by atoms with Crippen molar-refractivity contribution in [1.29, 1.82) is 0 Å². The van der Waals surface area contributed by atoms with E-state index >= 15 is 0 Å². The Labute approximate surface area is 148 Å². The molecule has 0 saturated carbocycles. The van der Waals surface area contributed by atoms with E-state index in [1.165, 1.54) is 13.8 Å². The number of hydrogen-bond donors (Lipinski definition) is 2. The van der Waals surface area contributed by atoms with Gasteiger partial charge in [0.1, 0.15) is 17.5 Å². The van der Waals surface area contributed by atoms with E-state index in [1.54, 1.807) is 0 Å². The Bertz CT molecular complexity index is 852. The summed E-state index contributed by atoms with van der Waals surface area (Å²) in [5, 5.41) is 3.54. The van der Waals surface area contributed by atoms with Crippen molar-refractivity contribution in [2.45, 2.75) is 53.8 Å². The van der Waals surface area contributed by atoms with Crippen molar-refractivity contribution in [1.82, 2.24) is 0 Å². The van der Waals surface area contributed by atoms with Crippen LogP contribution in [0.5, 0.6) is 5.75 Å². The van der Waals surface area contributed by atoms with Gasteiger partial charge in [-0.15, -0.1) is 0 Å². The van der Waals surface area contributed by atoms with Gasteiger partial charge in [-0.1, -0.05) is 0 Å². The number of halogens is 7. The van der Waals surface area contributed by atoms with Gasteiger partial charge in [0.25, 0.3) is 0 Å². The van der Waals surface area contributed by atoms with Crippen LogP contribution in [0.4, 0.5) is 30.7 Å². The van der Waals surface area contributed by atoms with Gasteiger partial charge in [-0.25, -0.2) is 8.42 Å². The molecule has 13 heteroatoms. The fraction of sp³-hybridized carbons (Fsp3) is 0.571. The Morgan fingerprint density at radius 1 is 1.11 bits per heavy atom. The van der Waals surface area contributed by atoms with Gasteiger partial charge >= 0.3 is 17.4 Å². The average Bonchev–Trinajstić information content (AvgIpc) is 2.50. The lowest BCUT2D eigenvalue weighted by Gasteiger charge is -2.40. The van der Waals surface area contributed by atoms with E-state index in [-0.39, 0.29) is 11.3 Å². The maximum atomic E-state index is 13.7. The quantitative estimate of drug-likeness (QED) is 0.727. The molecule has 1 aromatic carbocycles. The molecule has 0 aliphatic carbocycles. The SMILES string of the molecule is CC1(C)Oc2ccc(S(=O)(=O)C(F)(F)C(F)(F)C(F)(F)F)cc2[C@H](N)[C@H]1O. The summed E-state index contributed by atoms with van der Waals surface area (Å²) in [4.78, 5) is -1.53. The second-order valence-corrected chi connectivity index (χ2v) is 8.46. The highest BCUT2D eigenvalue weighted by atomic mass is 32.2. The predicted octanol–water partition coefficient (Wildman–Crippen LogP) is 2.78. The van der Waals surface area contributed by atoms with E-state index in [2.05, 4.69) is 0 Å². The van der Waals surface area contributed by atoms with E-state index in [0.29, 0.717) is 12.1 Å². The van der Waals surface area contributed by atoms with Crippen LogP contribution in [-0.2, 0) is 9.84 Å². The molecule has 0 fully saturated rings. The van der Waals surface area contributed by atoms with Crippen molar-refractivity contribution in [3.05, 3.63) is 23.8 Å². The molecule has 0 spiro atoms. The molecule has 0 aromatic heterocycles. The van der Waals surface area contributed by atoms with Crippen LogP contribution in [0, 0.1) is 0 Å². The van der Waals surface area contributed by atoms with Crippen LogP contribution in [0.1, 0.15) is 25.5 Å². The average molecular weight is 425 g/mol. The van der Waals surface area contributed by atoms with Crippen molar-refractivity contribution in [2.75, 3.05) is 0 Å². The monoisotopic (exact) mass is 425 g/mol. The summed E-state index contributed by atoms with van der Waals surface area (Å²) in [6, 6.07) is 0.205. The number of hydrogen-bond acceptors (Lipinski definition) is 5. The number of rotatable bonds is 3. The van der Waals surface area contributed by atoms with Gasteiger partial charge in [0.2, 0.25) is 9.84 Å². The summed E-state index contributed by atoms with van der Waals surface area (Å²) < 4.78 is 120. The lowest BCUT2D eigenvalue weighted by Crippen LogP contribution is -2.56. The van der Waals surface area contributed by atoms with E-state index in [9.17, 15) is 44.3 Å². The summed E-state index contributed by atoms with van der Waals surface area (Å²) in [5.74, 6) is -6.97. The van der Waals surface area contributed by atoms with Crippen molar-refractivity contribution in [3.63, 3.8) is 0 Å². The van der Waals surface area contributed by atoms with Gasteiger partial charge in [0.05, 0.1) is 10.9 Å². The number of ether oxygens (including phenoxy) is 1. The lowest BCUT2D eigenvalue weighted by molar-refractivity contribution is -0.332. The van der Waals surface area contributed by atoms with Crippen LogP contribution in [-0.4, -0.2) is 42.6 Å². The topological polar surface area (TPSA) is 89.6 Å². The number of sulfone groups is 1. The Kier molecular flexibility index (Phi) is 4.78. The third-order valence-corrected chi connectivity index (χ3v) is 5.94. The molecule has 1 aromatic rings. The Morgan fingerprint density at radius 3 is 2.11 bits per heavy atom. The van der Waals surface area contributed by atoms with Crippen LogP contribution < -0.4 is 10.5 Å². The van der Waals surface area contributed by atoms with Crippen LogP contribution in [0.15, 0.2) is 23.1 Å². The second-order valence-electron chi connectivity index (χ2n) is 6.47. The van der Waals surface area contributed by atoms with Crippen LogP contribution in [0.3, 0.4) is 0 Å². The molecule has 0 unspecified atom stereocenters. The minimum absolute atomic E-state index is 0.136. The van der Waals surface area contributed by atoms with Crippen LogP contribution in [0.25, 0.3) is 0 Å². The third-order valence-electron chi connectivity index (χ3n) is 4.14. The van der Waals surface area contributed by atoms with Crippen LogP contribution >= 0.6 is 0 Å². The standard InChI is InChI=1S/C14H14F7NO4S/c1-11(2)10(23)9(22)7-5-6(3-4-8(7)26-11)27(24,25)14(20,21)12(15,16)13(17,18)19/h3-5,9-10,23H,22H2,1-2H3/t9-,10+/m0/s1. The van der Waals surface area contributed by atoms with Gasteiger partial charge in [0.15, 0.2) is 0 Å². The third kappa shape index (κ3) is 3.05. The highest BCUT2D eigenvalue weighted by Gasteiger charge is 2.78. The first kappa shape index (κ1) is 21.7. The summed E-state index contributed by atoms with van der Waals surface area (Å²) in [6.45, 7) is 2.84. The molecule has 154 valence electrons. The number of aliphatic hydroxyl groups is 1. The molecule has 1 aliphatic heterocycles. The first-order chi connectivity index (χ1) is 11.9. The van der Waals surface area contributed by atoms with Crippen molar-refractivity contribution in [2.24, 2.45) is 5.73 Å². The second kappa shape index (κ2) is 5.95. The fourth-order valence-corrected chi connectivity index (χ4v) is 3.75. The molecule has 3 N–H and O–H groups in total. The molecule has 0 bridgehead atoms. The summed E-state index contributed by atoms with van der Waals surface area (Å²) in [5.41, 5.74) is 4.11. The maximum absolute atomic E-state index is 13.7. The highest BCUT2D eigenvalue weighted by molar-refractivity contribution is 7.92. The Morgan fingerprint density at radius 2 is 1.63 bits per heavy atom. The van der Waals surface area contributed by atoms with E-state index in [4.69, 9.17) is 10.5 Å². The minimum Gasteiger partial charge on any atom is -0.485 e. The number of benzene rings is 1. The summed E-state index contributed by atoms with van der Waals surface area (Å²) in [6.07, 6.45) is -8.25. The predicted molar refractivity (Wildman–Crippen MR) is 77.2 cm³/mol. The summed E-state index contributed by atoms with van der Waals surface area (Å²) in [7, 11) is -6.48. The fourth-order valence-electron chi connectivity index (χ4n) is 2.48. The highest BCUT2D eigenvalue weighted by Crippen LogP contribution is 2.51. The Balaban J connectivity index is 2.60. The molecule has 0 amide bonds. The lowest BCUT2D eigenvalue weighted by atomic mass is 9.87. The smallest absolute Gasteiger partial charge is 0.461 e. The molecule has 0 radical (unpaired) electrons. The maximum Gasteiger partial charge on any atom is 0.461 e. The van der Waals surface area contributed by atoms with E-state index in [0.717, 1.165) is 6.07 Å². The zero-order valence-electron chi connectivity index (χ0n) is 13.7. The normalized spacial score (nSPS) is 23.5.